The number of carbonyl (C=O) groups is 1. The Bertz CT molecular complexity index is 1290. The number of likely N-dealkylation sites (tertiary alicyclic amines) is 1. The number of fused-ring (bicyclic) bond motifs is 1. The zero-order chi connectivity index (χ0) is 25.4. The van der Waals surface area contributed by atoms with Gasteiger partial charge in [-0.25, -0.2) is 4.98 Å². The van der Waals surface area contributed by atoms with E-state index in [2.05, 4.69) is 32.0 Å². The molecule has 3 aromatic rings. The molecule has 6 rings (SSSR count). The molecule has 3 fully saturated rings. The number of amides is 1. The number of nitrogens with zero attached hydrogens (tertiary/aromatic N) is 6. The minimum atomic E-state index is -0.104. The summed E-state index contributed by atoms with van der Waals surface area (Å²) < 4.78 is 5.22. The highest BCUT2D eigenvalue weighted by molar-refractivity contribution is 7.99. The summed E-state index contributed by atoms with van der Waals surface area (Å²) >= 11 is 7.78. The minimum absolute atomic E-state index is 0.0163. The Morgan fingerprint density at radius 2 is 1.89 bits per heavy atom. The molecular weight excluding hydrogens is 508 g/mol. The number of rotatable bonds is 6. The molecule has 11 heteroatoms. The van der Waals surface area contributed by atoms with Gasteiger partial charge in [-0.1, -0.05) is 23.5 Å². The number of anilines is 3. The summed E-state index contributed by atoms with van der Waals surface area (Å²) in [6.07, 6.45) is 6.07. The topological polar surface area (TPSA) is 81.0 Å². The average molecular weight is 541 g/mol. The summed E-state index contributed by atoms with van der Waals surface area (Å²) in [5.41, 5.74) is 3.12. The number of aromatic nitrogens is 3. The van der Waals surface area contributed by atoms with Crippen LogP contribution >= 0.6 is 23.5 Å². The number of carbonyl (C=O) groups excluding carboxylic acids is 1. The van der Waals surface area contributed by atoms with Crippen LogP contribution in [-0.4, -0.2) is 77.5 Å². The molecule has 1 aromatic carbocycles. The molecule has 1 atom stereocenters. The molecule has 5 heterocycles. The normalized spacial score (nSPS) is 20.3. The van der Waals surface area contributed by atoms with Gasteiger partial charge in [0.25, 0.3) is 5.91 Å². The molecule has 196 valence electrons. The summed E-state index contributed by atoms with van der Waals surface area (Å²) in [7, 11) is 0. The van der Waals surface area contributed by atoms with Crippen molar-refractivity contribution in [3.05, 3.63) is 46.6 Å². The number of hydrogen-bond donors (Lipinski definition) is 2. The van der Waals surface area contributed by atoms with Gasteiger partial charge >= 0.3 is 0 Å². The Kier molecular flexibility index (Phi) is 7.05. The smallest absolute Gasteiger partial charge is 0.256 e. The summed E-state index contributed by atoms with van der Waals surface area (Å²) in [6.45, 7) is 6.55. The van der Waals surface area contributed by atoms with Gasteiger partial charge in [0.15, 0.2) is 5.65 Å². The number of piperazine rings is 1. The van der Waals surface area contributed by atoms with E-state index in [-0.39, 0.29) is 11.9 Å². The molecule has 37 heavy (non-hydrogen) atoms. The van der Waals surface area contributed by atoms with E-state index in [0.29, 0.717) is 17.1 Å². The molecular formula is C26H33ClN8OS. The SMILES string of the molecule is CSNc1ccc(Cl)cc1C(=O)N1CCCCC1c1cc2nc(N3CCC3)cc(N3CCNCC3)n2n1. The Balaban J connectivity index is 1.38. The van der Waals surface area contributed by atoms with Crippen molar-refractivity contribution in [1.29, 1.82) is 0 Å². The molecule has 1 amide bonds. The highest BCUT2D eigenvalue weighted by atomic mass is 35.5. The zero-order valence-corrected chi connectivity index (χ0v) is 22.7. The highest BCUT2D eigenvalue weighted by Gasteiger charge is 2.33. The lowest BCUT2D eigenvalue weighted by Gasteiger charge is -2.35. The number of piperidine rings is 1. The molecule has 0 aliphatic carbocycles. The van der Waals surface area contributed by atoms with E-state index in [4.69, 9.17) is 21.7 Å². The van der Waals surface area contributed by atoms with Gasteiger partial charge in [0.2, 0.25) is 0 Å². The third-order valence-electron chi connectivity index (χ3n) is 7.56. The molecule has 0 radical (unpaired) electrons. The number of nitrogens with one attached hydrogen (secondary N) is 2. The molecule has 0 spiro atoms. The molecule has 0 saturated carbocycles. The van der Waals surface area contributed by atoms with Crippen molar-refractivity contribution in [2.45, 2.75) is 31.7 Å². The van der Waals surface area contributed by atoms with Crippen molar-refractivity contribution < 1.29 is 4.79 Å². The van der Waals surface area contributed by atoms with Gasteiger partial charge in [-0.05, 0) is 43.9 Å². The van der Waals surface area contributed by atoms with Gasteiger partial charge < -0.3 is 24.7 Å². The zero-order valence-electron chi connectivity index (χ0n) is 21.1. The second-order valence-corrected chi connectivity index (χ2v) is 10.9. The van der Waals surface area contributed by atoms with Crippen molar-refractivity contribution >= 4 is 52.4 Å². The fourth-order valence-corrected chi connectivity index (χ4v) is 6.05. The second-order valence-electron chi connectivity index (χ2n) is 9.90. The highest BCUT2D eigenvalue weighted by Crippen LogP contribution is 2.35. The van der Waals surface area contributed by atoms with Gasteiger partial charge in [-0.15, -0.1) is 0 Å². The fraction of sp³-hybridized carbons (Fsp3) is 0.500. The molecule has 3 aliphatic heterocycles. The van der Waals surface area contributed by atoms with Crippen LogP contribution < -0.4 is 19.8 Å². The molecule has 2 N–H and O–H groups in total. The number of hydrogen-bond acceptors (Lipinski definition) is 8. The number of benzene rings is 1. The van der Waals surface area contributed by atoms with Gasteiger partial charge in [0.1, 0.15) is 11.6 Å². The van der Waals surface area contributed by atoms with E-state index in [9.17, 15) is 4.79 Å². The predicted molar refractivity (Wildman–Crippen MR) is 151 cm³/mol. The first kappa shape index (κ1) is 24.6. The summed E-state index contributed by atoms with van der Waals surface area (Å²) in [4.78, 5) is 25.6. The van der Waals surface area contributed by atoms with Gasteiger partial charge in [-0.2, -0.15) is 9.61 Å². The summed E-state index contributed by atoms with van der Waals surface area (Å²) in [6, 6.07) is 9.62. The van der Waals surface area contributed by atoms with Crippen molar-refractivity contribution in [3.8, 4) is 0 Å². The molecule has 3 saturated heterocycles. The quantitative estimate of drug-likeness (QED) is 0.453. The van der Waals surface area contributed by atoms with Crippen LogP contribution in [0.1, 0.15) is 47.8 Å². The summed E-state index contributed by atoms with van der Waals surface area (Å²) in [5.74, 6) is 2.08. The second kappa shape index (κ2) is 10.6. The summed E-state index contributed by atoms with van der Waals surface area (Å²) in [5, 5.41) is 9.09. The van der Waals surface area contributed by atoms with Crippen LogP contribution in [0.4, 0.5) is 17.3 Å². The Morgan fingerprint density at radius 1 is 1.05 bits per heavy atom. The average Bonchev–Trinajstić information content (AvgIpc) is 3.33. The first-order valence-corrected chi connectivity index (χ1v) is 14.7. The lowest BCUT2D eigenvalue weighted by Crippen LogP contribution is -2.44. The minimum Gasteiger partial charge on any atom is -0.356 e. The molecule has 9 nitrogen and oxygen atoms in total. The van der Waals surface area contributed by atoms with Crippen molar-refractivity contribution in [1.82, 2.24) is 24.8 Å². The molecule has 1 unspecified atom stereocenters. The first-order chi connectivity index (χ1) is 18.1. The van der Waals surface area contributed by atoms with Gasteiger partial charge in [0, 0.05) is 69.2 Å². The maximum Gasteiger partial charge on any atom is 0.256 e. The van der Waals surface area contributed by atoms with Crippen molar-refractivity contribution in [3.63, 3.8) is 0 Å². The van der Waals surface area contributed by atoms with Crippen LogP contribution in [-0.2, 0) is 0 Å². The standard InChI is InChI=1S/C26H33ClN8OS/c1-37-31-20-7-6-18(27)15-19(20)26(36)34-12-3-2-5-22(34)21-16-24-29-23(32-10-4-11-32)17-25(35(24)30-21)33-13-8-28-9-14-33/h6-7,15-17,22,28,31H,2-5,8-14H2,1H3. The molecule has 3 aliphatic rings. The van der Waals surface area contributed by atoms with Crippen LogP contribution in [0.2, 0.25) is 5.02 Å². The van der Waals surface area contributed by atoms with Crippen molar-refractivity contribution in [2.24, 2.45) is 0 Å². The van der Waals surface area contributed by atoms with E-state index in [0.717, 1.165) is 87.2 Å². The van der Waals surface area contributed by atoms with E-state index in [1.165, 1.54) is 18.4 Å². The van der Waals surface area contributed by atoms with Crippen molar-refractivity contribution in [2.75, 3.05) is 66.6 Å². The maximum absolute atomic E-state index is 13.9. The van der Waals surface area contributed by atoms with Crippen LogP contribution in [0.25, 0.3) is 5.65 Å². The Morgan fingerprint density at radius 3 is 2.65 bits per heavy atom. The fourth-order valence-electron chi connectivity index (χ4n) is 5.48. The van der Waals surface area contributed by atoms with E-state index in [1.54, 1.807) is 6.07 Å². The van der Waals surface area contributed by atoms with E-state index in [1.807, 2.05) is 27.8 Å². The van der Waals surface area contributed by atoms with E-state index >= 15 is 0 Å². The van der Waals surface area contributed by atoms with Gasteiger partial charge in [-0.3, -0.25) is 4.79 Å². The third-order valence-corrected chi connectivity index (χ3v) is 8.22. The van der Waals surface area contributed by atoms with E-state index < -0.39 is 0 Å². The van der Waals surface area contributed by atoms with Crippen LogP contribution in [0.15, 0.2) is 30.3 Å². The predicted octanol–water partition coefficient (Wildman–Crippen LogP) is 4.06. The molecule has 0 bridgehead atoms. The van der Waals surface area contributed by atoms with Crippen LogP contribution in [0.3, 0.4) is 0 Å². The molecule has 2 aromatic heterocycles. The Labute approximate surface area is 226 Å². The Hall–Kier alpha value is -2.69. The number of halogens is 1. The van der Waals surface area contributed by atoms with Gasteiger partial charge in [0.05, 0.1) is 23.0 Å². The lowest BCUT2D eigenvalue weighted by molar-refractivity contribution is 0.0607. The van der Waals surface area contributed by atoms with Crippen LogP contribution in [0.5, 0.6) is 0 Å². The van der Waals surface area contributed by atoms with Crippen LogP contribution in [0, 0.1) is 0 Å². The first-order valence-electron chi connectivity index (χ1n) is 13.1. The largest absolute Gasteiger partial charge is 0.356 e. The maximum atomic E-state index is 13.9. The third kappa shape index (κ3) is 4.82. The monoisotopic (exact) mass is 540 g/mol. The lowest BCUT2D eigenvalue weighted by atomic mass is 9.98.